The number of hydrogen-bond acceptors (Lipinski definition) is 6. The summed E-state index contributed by atoms with van der Waals surface area (Å²) in [6.45, 7) is 2.04. The van der Waals surface area contributed by atoms with Crippen LogP contribution in [0.25, 0.3) is 0 Å². The highest BCUT2D eigenvalue weighted by atomic mass is 16.6. The molecule has 7 heteroatoms. The van der Waals surface area contributed by atoms with Crippen molar-refractivity contribution in [2.45, 2.75) is 32.6 Å². The quantitative estimate of drug-likeness (QED) is 0.308. The molecule has 2 aromatic carbocycles. The van der Waals surface area contributed by atoms with E-state index in [9.17, 15) is 20.0 Å². The first-order valence-corrected chi connectivity index (χ1v) is 8.29. The van der Waals surface area contributed by atoms with Gasteiger partial charge in [-0.1, -0.05) is 18.5 Å². The number of Topliss-reactive ketones (excluding diaryl/α,β-unsaturated/α-hetero) is 1. The Morgan fingerprint density at radius 2 is 1.81 bits per heavy atom. The van der Waals surface area contributed by atoms with Crippen LogP contribution in [0.3, 0.4) is 0 Å². The molecule has 0 heterocycles. The number of unbranched alkanes of at least 4 members (excludes halogenated alkanes) is 1. The van der Waals surface area contributed by atoms with Crippen molar-refractivity contribution < 1.29 is 19.7 Å². The molecule has 2 rings (SSSR count). The monoisotopic (exact) mass is 356 g/mol. The Balaban J connectivity index is 2.07. The van der Waals surface area contributed by atoms with Crippen LogP contribution >= 0.6 is 0 Å². The first-order valence-electron chi connectivity index (χ1n) is 8.29. The second kappa shape index (κ2) is 9.31. The maximum Gasteiger partial charge on any atom is 0.269 e. The summed E-state index contributed by atoms with van der Waals surface area (Å²) in [7, 11) is 0. The van der Waals surface area contributed by atoms with E-state index in [0.29, 0.717) is 23.4 Å². The summed E-state index contributed by atoms with van der Waals surface area (Å²) >= 11 is 0. The van der Waals surface area contributed by atoms with Gasteiger partial charge in [0.05, 0.1) is 17.1 Å². The van der Waals surface area contributed by atoms with E-state index in [4.69, 9.17) is 4.84 Å². The summed E-state index contributed by atoms with van der Waals surface area (Å²) in [5.74, 6) is 0.344. The summed E-state index contributed by atoms with van der Waals surface area (Å²) < 4.78 is 0. The molecule has 0 aromatic heterocycles. The van der Waals surface area contributed by atoms with Crippen molar-refractivity contribution in [3.05, 3.63) is 64.2 Å². The Morgan fingerprint density at radius 1 is 1.15 bits per heavy atom. The molecule has 1 N–H and O–H groups in total. The fraction of sp³-hybridized carbons (Fsp3) is 0.263. The van der Waals surface area contributed by atoms with Gasteiger partial charge in [0.1, 0.15) is 5.75 Å². The molecular weight excluding hydrogens is 336 g/mol. The van der Waals surface area contributed by atoms with Crippen molar-refractivity contribution in [2.24, 2.45) is 5.16 Å². The molecule has 0 unspecified atom stereocenters. The Morgan fingerprint density at radius 3 is 2.38 bits per heavy atom. The molecule has 2 aromatic rings. The number of benzene rings is 2. The lowest BCUT2D eigenvalue weighted by Gasteiger charge is -2.06. The van der Waals surface area contributed by atoms with E-state index in [1.165, 1.54) is 36.4 Å². The number of oxime groups is 1. The van der Waals surface area contributed by atoms with E-state index in [0.717, 1.165) is 12.8 Å². The zero-order valence-corrected chi connectivity index (χ0v) is 14.4. The van der Waals surface area contributed by atoms with Crippen LogP contribution in [0.2, 0.25) is 0 Å². The summed E-state index contributed by atoms with van der Waals surface area (Å²) in [6.07, 6.45) is 2.54. The highest BCUT2D eigenvalue weighted by Gasteiger charge is 2.12. The first-order chi connectivity index (χ1) is 12.5. The lowest BCUT2D eigenvalue weighted by molar-refractivity contribution is -0.384. The number of aromatic hydroxyl groups is 1. The molecule has 0 amide bonds. The molecule has 26 heavy (non-hydrogen) atoms. The number of nitro benzene ring substituents is 1. The second-order valence-electron chi connectivity index (χ2n) is 5.75. The highest BCUT2D eigenvalue weighted by molar-refractivity contribution is 6.09. The number of hydrogen-bond donors (Lipinski definition) is 1. The molecule has 7 nitrogen and oxygen atoms in total. The van der Waals surface area contributed by atoms with E-state index in [1.54, 1.807) is 12.1 Å². The number of nitrogens with zero attached hydrogens (tertiary/aromatic N) is 2. The SMILES string of the molecule is CCCCC(CC(=O)c1ccc(O)cc1)=NOc1ccc([N+](=O)[O-])cc1. The number of phenols is 1. The van der Waals surface area contributed by atoms with Crippen LogP contribution in [0.15, 0.2) is 53.7 Å². The largest absolute Gasteiger partial charge is 0.508 e. The standard InChI is InChI=1S/C19H20N2O5/c1-2-3-4-15(13-19(23)14-5-9-17(22)10-6-14)20-26-18-11-7-16(8-12-18)21(24)25/h5-12,22H,2-4,13H2,1H3. The van der Waals surface area contributed by atoms with Gasteiger partial charge in [-0.25, -0.2) is 0 Å². The Labute approximate surface area is 151 Å². The Kier molecular flexibility index (Phi) is 6.84. The summed E-state index contributed by atoms with van der Waals surface area (Å²) in [5, 5.41) is 24.0. The topological polar surface area (TPSA) is 102 Å². The van der Waals surface area contributed by atoms with Crippen LogP contribution in [-0.2, 0) is 0 Å². The smallest absolute Gasteiger partial charge is 0.269 e. The number of nitro groups is 1. The Bertz CT molecular complexity index is 783. The van der Waals surface area contributed by atoms with E-state index < -0.39 is 4.92 Å². The van der Waals surface area contributed by atoms with Gasteiger partial charge in [0.2, 0.25) is 0 Å². The van der Waals surface area contributed by atoms with Gasteiger partial charge < -0.3 is 9.94 Å². The van der Waals surface area contributed by atoms with E-state index in [1.807, 2.05) is 6.92 Å². The van der Waals surface area contributed by atoms with Gasteiger partial charge in [-0.2, -0.15) is 0 Å². The normalized spacial score (nSPS) is 11.2. The van der Waals surface area contributed by atoms with Crippen LogP contribution in [0, 0.1) is 10.1 Å². The minimum absolute atomic E-state index is 0.0324. The van der Waals surface area contributed by atoms with Gasteiger partial charge in [-0.3, -0.25) is 14.9 Å². The molecule has 0 bridgehead atoms. The molecule has 0 saturated carbocycles. The van der Waals surface area contributed by atoms with Crippen LogP contribution in [0.5, 0.6) is 11.5 Å². The van der Waals surface area contributed by atoms with E-state index >= 15 is 0 Å². The molecule has 0 fully saturated rings. The van der Waals surface area contributed by atoms with E-state index in [-0.39, 0.29) is 23.6 Å². The molecule has 136 valence electrons. The minimum Gasteiger partial charge on any atom is -0.508 e. The fourth-order valence-corrected chi connectivity index (χ4v) is 2.23. The average Bonchev–Trinajstić information content (AvgIpc) is 2.64. The summed E-state index contributed by atoms with van der Waals surface area (Å²) in [5.41, 5.74) is 1.06. The number of ketones is 1. The van der Waals surface area contributed by atoms with Crippen molar-refractivity contribution in [3.8, 4) is 11.5 Å². The molecule has 0 aliphatic heterocycles. The van der Waals surface area contributed by atoms with Gasteiger partial charge in [0, 0.05) is 17.7 Å². The molecular formula is C19H20N2O5. The van der Waals surface area contributed by atoms with E-state index in [2.05, 4.69) is 5.16 Å². The van der Waals surface area contributed by atoms with Crippen LogP contribution in [-0.4, -0.2) is 21.5 Å². The molecule has 0 saturated heterocycles. The van der Waals surface area contributed by atoms with Crippen LogP contribution < -0.4 is 4.84 Å². The van der Waals surface area contributed by atoms with Crippen molar-refractivity contribution in [1.29, 1.82) is 0 Å². The Hall–Kier alpha value is -3.22. The molecule has 0 aliphatic rings. The van der Waals surface area contributed by atoms with Gasteiger partial charge in [0.25, 0.3) is 5.69 Å². The number of phenolic OH excluding ortho intramolecular Hbond substituents is 1. The van der Waals surface area contributed by atoms with Crippen LogP contribution in [0.1, 0.15) is 43.0 Å². The molecule has 0 atom stereocenters. The number of carbonyl (C=O) groups excluding carboxylic acids is 1. The zero-order valence-electron chi connectivity index (χ0n) is 14.4. The maximum atomic E-state index is 12.4. The lowest BCUT2D eigenvalue weighted by Crippen LogP contribution is -2.10. The predicted octanol–water partition coefficient (Wildman–Crippen LogP) is 4.50. The van der Waals surface area contributed by atoms with Gasteiger partial charge in [-0.05, 0) is 49.2 Å². The van der Waals surface area contributed by atoms with Crippen molar-refractivity contribution in [3.63, 3.8) is 0 Å². The molecule has 0 aliphatic carbocycles. The molecule has 0 spiro atoms. The van der Waals surface area contributed by atoms with Crippen molar-refractivity contribution in [1.82, 2.24) is 0 Å². The third-order valence-electron chi connectivity index (χ3n) is 3.70. The molecule has 0 radical (unpaired) electrons. The minimum atomic E-state index is -0.490. The van der Waals surface area contributed by atoms with Gasteiger partial charge in [0.15, 0.2) is 11.5 Å². The predicted molar refractivity (Wildman–Crippen MR) is 97.7 cm³/mol. The average molecular weight is 356 g/mol. The number of carbonyl (C=O) groups is 1. The number of non-ortho nitro benzene ring substituents is 1. The first kappa shape index (κ1) is 19.1. The maximum absolute atomic E-state index is 12.4. The lowest BCUT2D eigenvalue weighted by atomic mass is 10.0. The highest BCUT2D eigenvalue weighted by Crippen LogP contribution is 2.18. The zero-order chi connectivity index (χ0) is 18.9. The number of rotatable bonds is 9. The summed E-state index contributed by atoms with van der Waals surface area (Å²) in [6, 6.07) is 11.6. The fourth-order valence-electron chi connectivity index (χ4n) is 2.23. The third kappa shape index (κ3) is 5.70. The van der Waals surface area contributed by atoms with Crippen molar-refractivity contribution >= 4 is 17.2 Å². The third-order valence-corrected chi connectivity index (χ3v) is 3.70. The second-order valence-corrected chi connectivity index (χ2v) is 5.75. The van der Waals surface area contributed by atoms with Gasteiger partial charge >= 0.3 is 0 Å². The van der Waals surface area contributed by atoms with Gasteiger partial charge in [-0.15, -0.1) is 0 Å². The summed E-state index contributed by atoms with van der Waals surface area (Å²) in [4.78, 5) is 27.9. The van der Waals surface area contributed by atoms with Crippen LogP contribution in [0.4, 0.5) is 5.69 Å². The van der Waals surface area contributed by atoms with Crippen molar-refractivity contribution in [2.75, 3.05) is 0 Å².